The monoisotopic (exact) mass is 257 g/mol. The Bertz CT molecular complexity index is 689. The molecule has 1 aliphatic heterocycles. The Balaban J connectivity index is 1.80. The number of hydrogen-bond acceptors (Lipinski definition) is 3. The minimum absolute atomic E-state index is 0.00300. The summed E-state index contributed by atoms with van der Waals surface area (Å²) < 4.78 is 0. The second-order valence-electron chi connectivity index (χ2n) is 4.42. The summed E-state index contributed by atoms with van der Waals surface area (Å²) in [5.74, 6) is -1.18. The van der Waals surface area contributed by atoms with Crippen LogP contribution in [0.1, 0.15) is 16.8 Å². The third-order valence-electron chi connectivity index (χ3n) is 3.09. The molecule has 1 atom stereocenters. The number of H-pyrrole nitrogens is 1. The summed E-state index contributed by atoms with van der Waals surface area (Å²) in [5.41, 5.74) is 1.39. The highest BCUT2D eigenvalue weighted by Crippen LogP contribution is 2.14. The van der Waals surface area contributed by atoms with E-state index in [4.69, 9.17) is 0 Å². The first-order valence-electron chi connectivity index (χ1n) is 5.85. The third kappa shape index (κ3) is 2.08. The second-order valence-corrected chi connectivity index (χ2v) is 4.42. The van der Waals surface area contributed by atoms with Crippen LogP contribution < -0.4 is 10.6 Å². The van der Waals surface area contributed by atoms with E-state index in [1.165, 1.54) is 0 Å². The lowest BCUT2D eigenvalue weighted by molar-refractivity contribution is -0.125. The molecule has 96 valence electrons. The average Bonchev–Trinajstić information content (AvgIpc) is 2.95. The molecule has 3 amide bonds. The van der Waals surface area contributed by atoms with Gasteiger partial charge in [-0.3, -0.25) is 19.7 Å². The van der Waals surface area contributed by atoms with Crippen molar-refractivity contribution in [3.8, 4) is 0 Å². The van der Waals surface area contributed by atoms with Crippen molar-refractivity contribution in [3.63, 3.8) is 0 Å². The highest BCUT2D eigenvalue weighted by molar-refractivity contribution is 6.08. The maximum Gasteiger partial charge on any atom is 0.251 e. The lowest BCUT2D eigenvalue weighted by Gasteiger charge is -2.09. The van der Waals surface area contributed by atoms with E-state index >= 15 is 0 Å². The topological polar surface area (TPSA) is 91.1 Å². The molecule has 0 radical (unpaired) electrons. The van der Waals surface area contributed by atoms with Gasteiger partial charge < -0.3 is 10.3 Å². The molecule has 1 unspecified atom stereocenters. The Labute approximate surface area is 108 Å². The predicted molar refractivity (Wildman–Crippen MR) is 67.3 cm³/mol. The number of carbonyl (C=O) groups excluding carboxylic acids is 3. The van der Waals surface area contributed by atoms with Crippen molar-refractivity contribution in [3.05, 3.63) is 36.0 Å². The van der Waals surface area contributed by atoms with Gasteiger partial charge >= 0.3 is 0 Å². The Kier molecular flexibility index (Phi) is 2.56. The Morgan fingerprint density at radius 3 is 2.84 bits per heavy atom. The Morgan fingerprint density at radius 2 is 2.11 bits per heavy atom. The highest BCUT2D eigenvalue weighted by atomic mass is 16.2. The lowest BCUT2D eigenvalue weighted by atomic mass is 10.1. The van der Waals surface area contributed by atoms with E-state index in [0.29, 0.717) is 5.56 Å². The molecule has 3 rings (SSSR count). The van der Waals surface area contributed by atoms with Crippen LogP contribution >= 0.6 is 0 Å². The van der Waals surface area contributed by atoms with Crippen LogP contribution in [-0.2, 0) is 9.59 Å². The number of nitrogens with one attached hydrogen (secondary N) is 3. The number of hydrogen-bond donors (Lipinski definition) is 3. The van der Waals surface area contributed by atoms with Gasteiger partial charge in [0.2, 0.25) is 11.8 Å². The van der Waals surface area contributed by atoms with E-state index in [9.17, 15) is 14.4 Å². The van der Waals surface area contributed by atoms with Crippen molar-refractivity contribution in [2.45, 2.75) is 12.5 Å². The van der Waals surface area contributed by atoms with Gasteiger partial charge in [0.15, 0.2) is 0 Å². The maximum absolute atomic E-state index is 12.0. The van der Waals surface area contributed by atoms with Crippen LogP contribution in [0.5, 0.6) is 0 Å². The molecule has 2 heterocycles. The molecule has 0 saturated carbocycles. The molecule has 1 aromatic carbocycles. The van der Waals surface area contributed by atoms with Crippen molar-refractivity contribution in [1.29, 1.82) is 0 Å². The van der Waals surface area contributed by atoms with E-state index in [2.05, 4.69) is 15.6 Å². The Morgan fingerprint density at radius 1 is 1.26 bits per heavy atom. The van der Waals surface area contributed by atoms with Gasteiger partial charge in [-0.05, 0) is 24.3 Å². The number of aromatic nitrogens is 1. The molecule has 2 aromatic rings. The van der Waals surface area contributed by atoms with Crippen LogP contribution in [0.2, 0.25) is 0 Å². The summed E-state index contributed by atoms with van der Waals surface area (Å²) >= 11 is 0. The van der Waals surface area contributed by atoms with Crippen molar-refractivity contribution >= 4 is 28.6 Å². The van der Waals surface area contributed by atoms with Crippen LogP contribution in [0.25, 0.3) is 10.9 Å². The van der Waals surface area contributed by atoms with Crippen molar-refractivity contribution in [2.75, 3.05) is 0 Å². The summed E-state index contributed by atoms with van der Waals surface area (Å²) in [6.45, 7) is 0. The highest BCUT2D eigenvalue weighted by Gasteiger charge is 2.31. The van der Waals surface area contributed by atoms with E-state index < -0.39 is 11.9 Å². The molecule has 0 aliphatic carbocycles. The zero-order valence-corrected chi connectivity index (χ0v) is 9.90. The first-order chi connectivity index (χ1) is 9.13. The molecular weight excluding hydrogens is 246 g/mol. The number of imide groups is 1. The van der Waals surface area contributed by atoms with E-state index in [1.807, 2.05) is 6.07 Å². The summed E-state index contributed by atoms with van der Waals surface area (Å²) in [7, 11) is 0. The molecule has 0 bridgehead atoms. The molecule has 1 aliphatic rings. The summed E-state index contributed by atoms with van der Waals surface area (Å²) in [6, 6.07) is 6.28. The molecule has 1 fully saturated rings. The molecule has 1 saturated heterocycles. The van der Waals surface area contributed by atoms with E-state index in [-0.39, 0.29) is 18.2 Å². The van der Waals surface area contributed by atoms with Crippen molar-refractivity contribution in [1.82, 2.24) is 15.6 Å². The lowest BCUT2D eigenvalue weighted by Crippen LogP contribution is -2.40. The predicted octanol–water partition coefficient (Wildman–Crippen LogP) is 0.313. The van der Waals surface area contributed by atoms with Gasteiger partial charge in [-0.2, -0.15) is 0 Å². The number of carbonyl (C=O) groups is 3. The zero-order chi connectivity index (χ0) is 13.4. The Hall–Kier alpha value is -2.63. The van der Waals surface area contributed by atoms with E-state index in [1.54, 1.807) is 24.4 Å². The fraction of sp³-hybridized carbons (Fsp3) is 0.154. The number of fused-ring (bicyclic) bond motifs is 1. The van der Waals surface area contributed by atoms with Gasteiger partial charge in [0.25, 0.3) is 5.91 Å². The number of amides is 3. The van der Waals surface area contributed by atoms with Crippen LogP contribution in [-0.4, -0.2) is 28.7 Å². The molecular formula is C13H11N3O3. The minimum Gasteiger partial charge on any atom is -0.361 e. The minimum atomic E-state index is -0.776. The summed E-state index contributed by atoms with van der Waals surface area (Å²) in [5, 5.41) is 5.62. The summed E-state index contributed by atoms with van der Waals surface area (Å²) in [4.78, 5) is 37.4. The fourth-order valence-electron chi connectivity index (χ4n) is 2.11. The van der Waals surface area contributed by atoms with Gasteiger partial charge in [0.05, 0.1) is 6.42 Å². The molecule has 3 N–H and O–H groups in total. The standard InChI is InChI=1S/C13H11N3O3/c17-11-6-10(13(19)16-11)15-12(18)8-1-2-9-7(5-8)3-4-14-9/h1-5,10,14H,6H2,(H,15,18)(H,16,17,19). The van der Waals surface area contributed by atoms with Gasteiger partial charge in [-0.25, -0.2) is 0 Å². The number of aromatic amines is 1. The largest absolute Gasteiger partial charge is 0.361 e. The van der Waals surface area contributed by atoms with Crippen LogP contribution in [0.15, 0.2) is 30.5 Å². The first kappa shape index (κ1) is 11.5. The fourth-order valence-corrected chi connectivity index (χ4v) is 2.11. The molecule has 1 aromatic heterocycles. The molecule has 0 spiro atoms. The normalized spacial score (nSPS) is 18.6. The number of benzene rings is 1. The van der Waals surface area contributed by atoms with Gasteiger partial charge in [0.1, 0.15) is 6.04 Å². The third-order valence-corrected chi connectivity index (χ3v) is 3.09. The van der Waals surface area contributed by atoms with Crippen LogP contribution in [0, 0.1) is 0 Å². The van der Waals surface area contributed by atoms with E-state index in [0.717, 1.165) is 10.9 Å². The molecule has 6 nitrogen and oxygen atoms in total. The summed E-state index contributed by atoms with van der Waals surface area (Å²) in [6.07, 6.45) is 1.78. The van der Waals surface area contributed by atoms with Gasteiger partial charge in [0, 0.05) is 22.7 Å². The van der Waals surface area contributed by atoms with Gasteiger partial charge in [-0.1, -0.05) is 0 Å². The van der Waals surface area contributed by atoms with Crippen LogP contribution in [0.3, 0.4) is 0 Å². The molecule has 6 heteroatoms. The van der Waals surface area contributed by atoms with Gasteiger partial charge in [-0.15, -0.1) is 0 Å². The van der Waals surface area contributed by atoms with Crippen LogP contribution in [0.4, 0.5) is 0 Å². The van der Waals surface area contributed by atoms with Crippen molar-refractivity contribution in [2.24, 2.45) is 0 Å². The number of rotatable bonds is 2. The first-order valence-corrected chi connectivity index (χ1v) is 5.85. The SMILES string of the molecule is O=C1CC(NC(=O)c2ccc3[nH]ccc3c2)C(=O)N1. The smallest absolute Gasteiger partial charge is 0.251 e. The van der Waals surface area contributed by atoms with Crippen molar-refractivity contribution < 1.29 is 14.4 Å². The zero-order valence-electron chi connectivity index (χ0n) is 9.90. The average molecular weight is 257 g/mol. The second kappa shape index (κ2) is 4.24. The quantitative estimate of drug-likeness (QED) is 0.676. The maximum atomic E-state index is 12.0. The molecule has 19 heavy (non-hydrogen) atoms.